The van der Waals surface area contributed by atoms with Crippen LogP contribution in [0, 0.1) is 0 Å². The van der Waals surface area contributed by atoms with Crippen molar-refractivity contribution < 1.29 is 0 Å². The highest BCUT2D eigenvalue weighted by molar-refractivity contribution is 6.14. The Labute approximate surface area is 239 Å². The second-order valence-electron chi connectivity index (χ2n) is 11.3. The molecule has 0 saturated heterocycles. The molecule has 0 fully saturated rings. The van der Waals surface area contributed by atoms with Crippen molar-refractivity contribution in [3.8, 4) is 33.4 Å². The summed E-state index contributed by atoms with van der Waals surface area (Å²) in [4.78, 5) is 0. The summed E-state index contributed by atoms with van der Waals surface area (Å²) >= 11 is 0. The van der Waals surface area contributed by atoms with Gasteiger partial charge in [-0.2, -0.15) is 0 Å². The number of benzene rings is 8. The minimum atomic E-state index is 0.956. The number of rotatable bonds is 2. The Morgan fingerprint density at radius 3 is 1.02 bits per heavy atom. The summed E-state index contributed by atoms with van der Waals surface area (Å²) in [5.41, 5.74) is 10.8. The molecule has 0 radical (unpaired) electrons. The molecule has 8 aromatic carbocycles. The summed E-state index contributed by atoms with van der Waals surface area (Å²) in [5, 5.41) is 10.4. The predicted octanol–water partition coefficient (Wildman–Crippen LogP) is 11.2. The van der Waals surface area contributed by atoms with Gasteiger partial charge in [0.15, 0.2) is 0 Å². The monoisotopic (exact) mass is 518 g/mol. The topological polar surface area (TPSA) is 0 Å². The normalized spacial score (nSPS) is 12.3. The van der Waals surface area contributed by atoms with E-state index in [4.69, 9.17) is 0 Å². The molecule has 0 aromatic heterocycles. The molecule has 0 N–H and O–H groups in total. The van der Waals surface area contributed by atoms with Crippen molar-refractivity contribution in [3.63, 3.8) is 0 Å². The summed E-state index contributed by atoms with van der Waals surface area (Å²) in [5.74, 6) is 0. The van der Waals surface area contributed by atoms with Crippen molar-refractivity contribution in [2.24, 2.45) is 0 Å². The first-order valence-corrected chi connectivity index (χ1v) is 14.4. The average molecular weight is 519 g/mol. The highest BCUT2D eigenvalue weighted by atomic mass is 14.3. The van der Waals surface area contributed by atoms with Gasteiger partial charge in [-0.1, -0.05) is 133 Å². The molecule has 41 heavy (non-hydrogen) atoms. The van der Waals surface area contributed by atoms with Crippen LogP contribution >= 0.6 is 0 Å². The Kier molecular flexibility index (Phi) is 4.77. The molecule has 0 aliphatic heterocycles. The van der Waals surface area contributed by atoms with Crippen molar-refractivity contribution in [3.05, 3.63) is 157 Å². The lowest BCUT2D eigenvalue weighted by atomic mass is 9.90. The van der Waals surface area contributed by atoms with Gasteiger partial charge < -0.3 is 0 Å². The minimum Gasteiger partial charge on any atom is -0.0616 e. The molecule has 190 valence electrons. The van der Waals surface area contributed by atoms with Crippen LogP contribution in [-0.4, -0.2) is 0 Å². The van der Waals surface area contributed by atoms with Crippen molar-refractivity contribution in [2.75, 3.05) is 0 Å². The van der Waals surface area contributed by atoms with Crippen LogP contribution < -0.4 is 0 Å². The van der Waals surface area contributed by atoms with Crippen LogP contribution in [-0.2, 0) is 6.42 Å². The number of hydrogen-bond donors (Lipinski definition) is 0. The Morgan fingerprint density at radius 2 is 0.659 bits per heavy atom. The standard InChI is InChI=1S/C41H26/c1-5-13-36-26(9-1)21-27-10-2-6-14-37(27)40(36)30-17-19-34-32(23-30)25-33-24-31(18-20-35(33)34)41-38-15-7-3-11-28(38)22-29-12-4-8-16-39(29)41/h1-24H,25H2. The lowest BCUT2D eigenvalue weighted by molar-refractivity contribution is 1.26. The first kappa shape index (κ1) is 22.6. The van der Waals surface area contributed by atoms with Crippen LogP contribution in [0.3, 0.4) is 0 Å². The molecule has 0 heterocycles. The largest absolute Gasteiger partial charge is 0.0616 e. The SMILES string of the molecule is c1ccc2c(-c3ccc4c(c3)Cc3cc(-c5c6ccccc6cc6ccccc56)ccc3-4)c3ccccc3cc2c1. The van der Waals surface area contributed by atoms with Gasteiger partial charge in [-0.25, -0.2) is 0 Å². The van der Waals surface area contributed by atoms with Crippen LogP contribution in [0.25, 0.3) is 76.5 Å². The fourth-order valence-electron chi connectivity index (χ4n) is 7.17. The van der Waals surface area contributed by atoms with Gasteiger partial charge in [0.05, 0.1) is 0 Å². The van der Waals surface area contributed by atoms with E-state index in [9.17, 15) is 0 Å². The Bertz CT molecular complexity index is 2060. The molecule has 0 unspecified atom stereocenters. The van der Waals surface area contributed by atoms with Crippen LogP contribution in [0.4, 0.5) is 0 Å². The maximum atomic E-state index is 2.44. The van der Waals surface area contributed by atoms with E-state index in [2.05, 4.69) is 146 Å². The second kappa shape index (κ2) is 8.65. The predicted molar refractivity (Wildman–Crippen MR) is 176 cm³/mol. The molecule has 0 bridgehead atoms. The average Bonchev–Trinajstić information content (AvgIpc) is 3.39. The van der Waals surface area contributed by atoms with E-state index in [-0.39, 0.29) is 0 Å². The molecule has 0 saturated carbocycles. The van der Waals surface area contributed by atoms with Gasteiger partial charge >= 0.3 is 0 Å². The molecule has 0 spiro atoms. The Morgan fingerprint density at radius 1 is 0.317 bits per heavy atom. The van der Waals surface area contributed by atoms with Crippen molar-refractivity contribution in [1.29, 1.82) is 0 Å². The molecule has 1 aliphatic carbocycles. The van der Waals surface area contributed by atoms with Gasteiger partial charge in [0, 0.05) is 0 Å². The fourth-order valence-corrected chi connectivity index (χ4v) is 7.17. The summed E-state index contributed by atoms with van der Waals surface area (Å²) < 4.78 is 0. The molecule has 0 heteroatoms. The molecule has 8 aromatic rings. The van der Waals surface area contributed by atoms with Crippen LogP contribution in [0.2, 0.25) is 0 Å². The maximum Gasteiger partial charge on any atom is -0.00130 e. The molecule has 0 amide bonds. The van der Waals surface area contributed by atoms with Crippen molar-refractivity contribution in [2.45, 2.75) is 6.42 Å². The first-order chi connectivity index (χ1) is 20.3. The quantitative estimate of drug-likeness (QED) is 0.200. The van der Waals surface area contributed by atoms with Gasteiger partial charge in [0.25, 0.3) is 0 Å². The van der Waals surface area contributed by atoms with Gasteiger partial charge in [-0.15, -0.1) is 0 Å². The van der Waals surface area contributed by atoms with E-state index in [1.807, 2.05) is 0 Å². The van der Waals surface area contributed by atoms with E-state index < -0.39 is 0 Å². The summed E-state index contributed by atoms with van der Waals surface area (Å²) in [6, 6.07) is 54.0. The van der Waals surface area contributed by atoms with Gasteiger partial charge in [0.1, 0.15) is 0 Å². The molecular weight excluding hydrogens is 492 g/mol. The van der Waals surface area contributed by atoms with Crippen LogP contribution in [0.15, 0.2) is 146 Å². The summed E-state index contributed by atoms with van der Waals surface area (Å²) in [6.45, 7) is 0. The van der Waals surface area contributed by atoms with E-state index in [1.165, 1.54) is 87.6 Å². The number of fused-ring (bicyclic) bond motifs is 7. The zero-order valence-corrected chi connectivity index (χ0v) is 22.6. The maximum absolute atomic E-state index is 2.44. The van der Waals surface area contributed by atoms with Crippen LogP contribution in [0.5, 0.6) is 0 Å². The molecule has 0 atom stereocenters. The highest BCUT2D eigenvalue weighted by Crippen LogP contribution is 2.44. The van der Waals surface area contributed by atoms with E-state index in [0.29, 0.717) is 0 Å². The third kappa shape index (κ3) is 3.41. The van der Waals surface area contributed by atoms with Gasteiger partial charge in [-0.3, -0.25) is 0 Å². The third-order valence-electron chi connectivity index (χ3n) is 9.00. The van der Waals surface area contributed by atoms with Crippen LogP contribution in [0.1, 0.15) is 11.1 Å². The zero-order chi connectivity index (χ0) is 26.9. The first-order valence-electron chi connectivity index (χ1n) is 14.4. The fraction of sp³-hybridized carbons (Fsp3) is 0.0244. The molecule has 0 nitrogen and oxygen atoms in total. The van der Waals surface area contributed by atoms with E-state index in [1.54, 1.807) is 0 Å². The van der Waals surface area contributed by atoms with Crippen molar-refractivity contribution in [1.82, 2.24) is 0 Å². The number of hydrogen-bond acceptors (Lipinski definition) is 0. The smallest absolute Gasteiger partial charge is 0.00130 e. The minimum absolute atomic E-state index is 0.956. The highest BCUT2D eigenvalue weighted by Gasteiger charge is 2.21. The van der Waals surface area contributed by atoms with Gasteiger partial charge in [-0.05, 0) is 106 Å². The van der Waals surface area contributed by atoms with E-state index >= 15 is 0 Å². The molecule has 9 rings (SSSR count). The molecular formula is C41H26. The van der Waals surface area contributed by atoms with E-state index in [0.717, 1.165) is 6.42 Å². The second-order valence-corrected chi connectivity index (χ2v) is 11.3. The van der Waals surface area contributed by atoms with Gasteiger partial charge in [0.2, 0.25) is 0 Å². The van der Waals surface area contributed by atoms with Crippen molar-refractivity contribution >= 4 is 43.1 Å². The third-order valence-corrected chi connectivity index (χ3v) is 9.00. The summed E-state index contributed by atoms with van der Waals surface area (Å²) in [6.07, 6.45) is 0.956. The Balaban J connectivity index is 1.20. The summed E-state index contributed by atoms with van der Waals surface area (Å²) in [7, 11) is 0. The zero-order valence-electron chi connectivity index (χ0n) is 22.6. The lowest BCUT2D eigenvalue weighted by Crippen LogP contribution is -1.88. The Hall–Kier alpha value is -5.20. The lowest BCUT2D eigenvalue weighted by Gasteiger charge is -2.14. The molecule has 1 aliphatic rings.